The number of thiophene rings is 1. The molecule has 0 unspecified atom stereocenters. The van der Waals surface area contributed by atoms with Crippen molar-refractivity contribution in [3.63, 3.8) is 0 Å². The Bertz CT molecular complexity index is 274. The highest BCUT2D eigenvalue weighted by molar-refractivity contribution is 9.11. The van der Waals surface area contributed by atoms with E-state index in [1.807, 2.05) is 6.07 Å². The van der Waals surface area contributed by atoms with E-state index in [1.165, 1.54) is 4.88 Å². The third-order valence-corrected chi connectivity index (χ3v) is 3.63. The standard InChI is InChI=1S/C7H8BrNOS.ClH/c8-6-2-1-5(11-6)7(9)3-10-4-7;/h1-2H,3-4,9H2;1H. The number of nitrogens with two attached hydrogens (primary N) is 1. The SMILES string of the molecule is Cl.NC1(c2ccc(Br)s2)COC1. The molecule has 2 nitrogen and oxygen atoms in total. The van der Waals surface area contributed by atoms with Crippen LogP contribution in [0.1, 0.15) is 4.88 Å². The van der Waals surface area contributed by atoms with E-state index in [-0.39, 0.29) is 17.9 Å². The van der Waals surface area contributed by atoms with E-state index in [2.05, 4.69) is 22.0 Å². The second-order valence-electron chi connectivity index (χ2n) is 2.75. The van der Waals surface area contributed by atoms with Gasteiger partial charge in [0, 0.05) is 4.88 Å². The van der Waals surface area contributed by atoms with Crippen LogP contribution in [0.5, 0.6) is 0 Å². The van der Waals surface area contributed by atoms with E-state index in [0.717, 1.165) is 3.79 Å². The summed E-state index contributed by atoms with van der Waals surface area (Å²) in [6.45, 7) is 1.31. The topological polar surface area (TPSA) is 35.2 Å². The van der Waals surface area contributed by atoms with Crippen molar-refractivity contribution in [2.75, 3.05) is 13.2 Å². The van der Waals surface area contributed by atoms with Crippen molar-refractivity contribution < 1.29 is 4.74 Å². The van der Waals surface area contributed by atoms with Gasteiger partial charge in [0.05, 0.1) is 22.5 Å². The molecule has 0 spiro atoms. The van der Waals surface area contributed by atoms with Gasteiger partial charge in [0.2, 0.25) is 0 Å². The summed E-state index contributed by atoms with van der Waals surface area (Å²) in [5.41, 5.74) is 5.80. The number of halogens is 2. The molecule has 0 atom stereocenters. The first-order chi connectivity index (χ1) is 5.21. The molecule has 0 radical (unpaired) electrons. The Kier molecular flexibility index (Phi) is 3.17. The Hall–Kier alpha value is 0.390. The highest BCUT2D eigenvalue weighted by atomic mass is 79.9. The van der Waals surface area contributed by atoms with Crippen molar-refractivity contribution in [1.82, 2.24) is 0 Å². The molecule has 1 aliphatic heterocycles. The lowest BCUT2D eigenvalue weighted by Crippen LogP contribution is -2.53. The summed E-state index contributed by atoms with van der Waals surface area (Å²) in [7, 11) is 0. The maximum Gasteiger partial charge on any atom is 0.0976 e. The molecule has 1 aromatic heterocycles. The second-order valence-corrected chi connectivity index (χ2v) is 5.22. The second kappa shape index (κ2) is 3.64. The quantitative estimate of drug-likeness (QED) is 0.848. The molecule has 2 N–H and O–H groups in total. The average molecular weight is 271 g/mol. The van der Waals surface area contributed by atoms with Crippen LogP contribution in [0.3, 0.4) is 0 Å². The van der Waals surface area contributed by atoms with Crippen LogP contribution in [0, 0.1) is 0 Å². The van der Waals surface area contributed by atoms with Crippen LogP contribution in [-0.4, -0.2) is 13.2 Å². The van der Waals surface area contributed by atoms with Gasteiger partial charge in [-0.15, -0.1) is 23.7 Å². The van der Waals surface area contributed by atoms with Gasteiger partial charge in [0.15, 0.2) is 0 Å². The van der Waals surface area contributed by atoms with Crippen molar-refractivity contribution in [3.05, 3.63) is 20.8 Å². The average Bonchev–Trinajstić information content (AvgIpc) is 2.31. The molecule has 2 rings (SSSR count). The minimum Gasteiger partial charge on any atom is -0.377 e. The number of ether oxygens (including phenoxy) is 1. The van der Waals surface area contributed by atoms with Crippen molar-refractivity contribution in [3.8, 4) is 0 Å². The fourth-order valence-electron chi connectivity index (χ4n) is 1.05. The van der Waals surface area contributed by atoms with E-state index in [9.17, 15) is 0 Å². The van der Waals surface area contributed by atoms with Gasteiger partial charge in [-0.3, -0.25) is 0 Å². The van der Waals surface area contributed by atoms with Gasteiger partial charge in [0.25, 0.3) is 0 Å². The van der Waals surface area contributed by atoms with Crippen LogP contribution in [0.25, 0.3) is 0 Å². The zero-order chi connectivity index (χ0) is 7.90. The fourth-order valence-corrected chi connectivity index (χ4v) is 2.50. The van der Waals surface area contributed by atoms with Crippen molar-refractivity contribution >= 4 is 39.7 Å². The summed E-state index contributed by atoms with van der Waals surface area (Å²) in [5, 5.41) is 0. The van der Waals surface area contributed by atoms with Gasteiger partial charge in [-0.2, -0.15) is 0 Å². The molecule has 0 aliphatic carbocycles. The van der Waals surface area contributed by atoms with Crippen molar-refractivity contribution in [2.45, 2.75) is 5.54 Å². The van der Waals surface area contributed by atoms with Crippen LogP contribution < -0.4 is 5.73 Å². The zero-order valence-electron chi connectivity index (χ0n) is 6.25. The van der Waals surface area contributed by atoms with E-state index in [1.54, 1.807) is 11.3 Å². The highest BCUT2D eigenvalue weighted by Crippen LogP contribution is 2.34. The largest absolute Gasteiger partial charge is 0.377 e. The molecule has 1 aliphatic rings. The maximum atomic E-state index is 6.00. The summed E-state index contributed by atoms with van der Waals surface area (Å²) in [6, 6.07) is 4.07. The van der Waals surface area contributed by atoms with Crippen LogP contribution in [0.2, 0.25) is 0 Å². The molecule has 5 heteroatoms. The molecule has 0 bridgehead atoms. The molecule has 0 saturated carbocycles. The predicted octanol–water partition coefficient (Wildman–Crippen LogP) is 2.12. The van der Waals surface area contributed by atoms with Crippen LogP contribution in [-0.2, 0) is 10.3 Å². The number of hydrogen-bond acceptors (Lipinski definition) is 3. The lowest BCUT2D eigenvalue weighted by molar-refractivity contribution is -0.0550. The smallest absolute Gasteiger partial charge is 0.0976 e. The van der Waals surface area contributed by atoms with Crippen LogP contribution in [0.15, 0.2) is 15.9 Å². The van der Waals surface area contributed by atoms with Gasteiger partial charge in [0.1, 0.15) is 0 Å². The number of rotatable bonds is 1. The van der Waals surface area contributed by atoms with E-state index in [0.29, 0.717) is 13.2 Å². The first-order valence-corrected chi connectivity index (χ1v) is 4.94. The Labute approximate surface area is 89.6 Å². The Morgan fingerprint density at radius 2 is 2.17 bits per heavy atom. The van der Waals surface area contributed by atoms with Gasteiger partial charge in [-0.1, -0.05) is 0 Å². The third kappa shape index (κ3) is 1.67. The fraction of sp³-hybridized carbons (Fsp3) is 0.429. The lowest BCUT2D eigenvalue weighted by atomic mass is 9.97. The minimum atomic E-state index is -0.198. The lowest BCUT2D eigenvalue weighted by Gasteiger charge is -2.36. The molecule has 0 amide bonds. The Morgan fingerprint density at radius 3 is 2.50 bits per heavy atom. The Balaban J connectivity index is 0.000000720. The van der Waals surface area contributed by atoms with Crippen LogP contribution >= 0.6 is 39.7 Å². The van der Waals surface area contributed by atoms with Crippen molar-refractivity contribution in [1.29, 1.82) is 0 Å². The first kappa shape index (κ1) is 10.5. The van der Waals surface area contributed by atoms with Gasteiger partial charge >= 0.3 is 0 Å². The van der Waals surface area contributed by atoms with E-state index >= 15 is 0 Å². The zero-order valence-corrected chi connectivity index (χ0v) is 9.47. The van der Waals surface area contributed by atoms with Crippen molar-refractivity contribution in [2.24, 2.45) is 5.73 Å². The molecule has 1 aromatic rings. The summed E-state index contributed by atoms with van der Waals surface area (Å²) in [4.78, 5) is 1.20. The van der Waals surface area contributed by atoms with Gasteiger partial charge in [-0.25, -0.2) is 0 Å². The molecular formula is C7H9BrClNOS. The maximum absolute atomic E-state index is 6.00. The normalized spacial score (nSPS) is 19.5. The molecule has 1 saturated heterocycles. The summed E-state index contributed by atoms with van der Waals surface area (Å²) in [6.07, 6.45) is 0. The van der Waals surface area contributed by atoms with Gasteiger partial charge < -0.3 is 10.5 Å². The monoisotopic (exact) mass is 269 g/mol. The van der Waals surface area contributed by atoms with Crippen LogP contribution in [0.4, 0.5) is 0 Å². The molecule has 1 fully saturated rings. The summed E-state index contributed by atoms with van der Waals surface area (Å²) in [5.74, 6) is 0. The van der Waals surface area contributed by atoms with E-state index < -0.39 is 0 Å². The number of hydrogen-bond donors (Lipinski definition) is 1. The highest BCUT2D eigenvalue weighted by Gasteiger charge is 2.37. The molecular weight excluding hydrogens is 262 g/mol. The third-order valence-electron chi connectivity index (χ3n) is 1.78. The van der Waals surface area contributed by atoms with E-state index in [4.69, 9.17) is 10.5 Å². The molecule has 2 heterocycles. The Morgan fingerprint density at radius 1 is 1.50 bits per heavy atom. The first-order valence-electron chi connectivity index (χ1n) is 3.33. The predicted molar refractivity (Wildman–Crippen MR) is 56.0 cm³/mol. The molecule has 12 heavy (non-hydrogen) atoms. The molecule has 0 aromatic carbocycles. The summed E-state index contributed by atoms with van der Waals surface area (Å²) >= 11 is 5.08. The summed E-state index contributed by atoms with van der Waals surface area (Å²) < 4.78 is 6.20. The van der Waals surface area contributed by atoms with Gasteiger partial charge in [-0.05, 0) is 28.1 Å². The molecule has 68 valence electrons. The minimum absolute atomic E-state index is 0.